The van der Waals surface area contributed by atoms with E-state index < -0.39 is 0 Å². The van der Waals surface area contributed by atoms with E-state index >= 15 is 0 Å². The van der Waals surface area contributed by atoms with E-state index in [0.717, 1.165) is 0 Å². The molecule has 1 unspecified atom stereocenters. The molecule has 0 spiro atoms. The van der Waals surface area contributed by atoms with Crippen LogP contribution in [0.15, 0.2) is 24.3 Å². The first-order chi connectivity index (χ1) is 10.2. The minimum atomic E-state index is -0.246. The average Bonchev–Trinajstić information content (AvgIpc) is 3.09. The maximum Gasteiger partial charge on any atom is 0.261 e. The van der Waals surface area contributed by atoms with Crippen LogP contribution in [0, 0.1) is 0 Å². The fourth-order valence-corrected chi connectivity index (χ4v) is 2.27. The van der Waals surface area contributed by atoms with Crippen molar-refractivity contribution in [3.8, 4) is 0 Å². The molecule has 2 amide bonds. The quantitative estimate of drug-likeness (QED) is 0.748. The Bertz CT molecular complexity index is 634. The molecule has 21 heavy (non-hydrogen) atoms. The molecule has 0 saturated carbocycles. The Kier molecular flexibility index (Phi) is 3.44. The van der Waals surface area contributed by atoms with Crippen molar-refractivity contribution in [2.24, 2.45) is 0 Å². The molecular weight excluding hydrogens is 272 g/mol. The average molecular weight is 286 g/mol. The van der Waals surface area contributed by atoms with Crippen LogP contribution >= 0.6 is 0 Å². The van der Waals surface area contributed by atoms with E-state index in [-0.39, 0.29) is 17.9 Å². The number of nitrogens with zero attached hydrogens (tertiary/aromatic N) is 4. The van der Waals surface area contributed by atoms with Gasteiger partial charge in [-0.1, -0.05) is 17.3 Å². The van der Waals surface area contributed by atoms with Crippen molar-refractivity contribution in [1.29, 1.82) is 0 Å². The van der Waals surface area contributed by atoms with Crippen LogP contribution in [0.25, 0.3) is 0 Å². The Labute approximate surface area is 120 Å². The number of H-pyrrole nitrogens is 1. The van der Waals surface area contributed by atoms with Crippen LogP contribution in [-0.4, -0.2) is 49.9 Å². The van der Waals surface area contributed by atoms with Crippen LogP contribution in [0.1, 0.15) is 33.5 Å². The van der Waals surface area contributed by atoms with Gasteiger partial charge in [0.25, 0.3) is 11.8 Å². The molecule has 2 aromatic rings. The fraction of sp³-hybridized carbons (Fsp3) is 0.308. The number of fused-ring (bicyclic) bond motifs is 1. The molecule has 0 fully saturated rings. The number of aromatic amines is 1. The molecule has 1 atom stereocenters. The van der Waals surface area contributed by atoms with Gasteiger partial charge in [0.2, 0.25) is 0 Å². The summed E-state index contributed by atoms with van der Waals surface area (Å²) in [6.45, 7) is 2.61. The zero-order valence-corrected chi connectivity index (χ0v) is 11.4. The molecular formula is C13H14N6O2. The summed E-state index contributed by atoms with van der Waals surface area (Å²) in [4.78, 5) is 25.7. The lowest BCUT2D eigenvalue weighted by atomic mass is 10.1. The van der Waals surface area contributed by atoms with Crippen LogP contribution in [-0.2, 0) is 6.54 Å². The minimum Gasteiger partial charge on any atom is -0.305 e. The van der Waals surface area contributed by atoms with Gasteiger partial charge in [-0.15, -0.1) is 10.2 Å². The maximum atomic E-state index is 12.2. The molecule has 8 nitrogen and oxygen atoms in total. The predicted molar refractivity (Wildman–Crippen MR) is 72.3 cm³/mol. The Balaban J connectivity index is 1.63. The Morgan fingerprint density at radius 1 is 1.24 bits per heavy atom. The molecule has 0 radical (unpaired) electrons. The first-order valence-electron chi connectivity index (χ1n) is 6.57. The summed E-state index contributed by atoms with van der Waals surface area (Å²) in [6, 6.07) is 6.78. The standard InChI is InChI=1S/C13H14N6O2/c1-8(14-6-11-15-17-18-16-11)7-19-12(20)9-4-2-3-5-10(9)13(19)21/h2-5,8,14H,6-7H2,1H3,(H,15,16,17,18). The van der Waals surface area contributed by atoms with Gasteiger partial charge in [-0.3, -0.25) is 14.5 Å². The SMILES string of the molecule is CC(CN1C(=O)c2ccccc2C1=O)NCc1nn[nH]n1. The molecule has 108 valence electrons. The van der Waals surface area contributed by atoms with E-state index in [9.17, 15) is 9.59 Å². The second-order valence-electron chi connectivity index (χ2n) is 4.88. The highest BCUT2D eigenvalue weighted by atomic mass is 16.2. The number of tetrazole rings is 1. The Morgan fingerprint density at radius 2 is 1.90 bits per heavy atom. The summed E-state index contributed by atoms with van der Waals surface area (Å²) in [5.74, 6) is 0.0387. The normalized spacial score (nSPS) is 15.4. The second-order valence-corrected chi connectivity index (χ2v) is 4.88. The van der Waals surface area contributed by atoms with Crippen LogP contribution in [0.2, 0.25) is 0 Å². The predicted octanol–water partition coefficient (Wildman–Crippen LogP) is -0.0260. The highest BCUT2D eigenvalue weighted by Gasteiger charge is 2.35. The number of rotatable bonds is 5. The second kappa shape index (κ2) is 5.41. The third kappa shape index (κ3) is 2.52. The van der Waals surface area contributed by atoms with Gasteiger partial charge in [-0.05, 0) is 19.1 Å². The van der Waals surface area contributed by atoms with Gasteiger partial charge in [0, 0.05) is 12.6 Å². The Hall–Kier alpha value is -2.61. The Morgan fingerprint density at radius 3 is 2.48 bits per heavy atom. The van der Waals surface area contributed by atoms with Crippen LogP contribution < -0.4 is 5.32 Å². The number of amides is 2. The van der Waals surface area contributed by atoms with E-state index in [1.165, 1.54) is 4.90 Å². The van der Waals surface area contributed by atoms with Crippen molar-refractivity contribution in [2.45, 2.75) is 19.5 Å². The largest absolute Gasteiger partial charge is 0.305 e. The number of carbonyl (C=O) groups excluding carboxylic acids is 2. The summed E-state index contributed by atoms with van der Waals surface area (Å²) in [5, 5.41) is 16.6. The third-order valence-electron chi connectivity index (χ3n) is 3.33. The van der Waals surface area contributed by atoms with Crippen molar-refractivity contribution in [3.63, 3.8) is 0 Å². The molecule has 8 heteroatoms. The summed E-state index contributed by atoms with van der Waals surface area (Å²) >= 11 is 0. The third-order valence-corrected chi connectivity index (χ3v) is 3.33. The maximum absolute atomic E-state index is 12.2. The lowest BCUT2D eigenvalue weighted by molar-refractivity contribution is 0.0641. The van der Waals surface area contributed by atoms with Crippen molar-refractivity contribution in [1.82, 2.24) is 30.8 Å². The van der Waals surface area contributed by atoms with Gasteiger partial charge in [-0.25, -0.2) is 0 Å². The van der Waals surface area contributed by atoms with E-state index in [0.29, 0.717) is 30.0 Å². The highest BCUT2D eigenvalue weighted by Crippen LogP contribution is 2.22. The lowest BCUT2D eigenvalue weighted by Crippen LogP contribution is -2.41. The number of hydrogen-bond donors (Lipinski definition) is 2. The lowest BCUT2D eigenvalue weighted by Gasteiger charge is -2.19. The first-order valence-corrected chi connectivity index (χ1v) is 6.57. The number of hydrogen-bond acceptors (Lipinski definition) is 6. The minimum absolute atomic E-state index is 0.0780. The molecule has 2 heterocycles. The zero-order chi connectivity index (χ0) is 14.8. The molecule has 3 rings (SSSR count). The smallest absolute Gasteiger partial charge is 0.261 e. The number of benzene rings is 1. The van der Waals surface area contributed by atoms with E-state index in [2.05, 4.69) is 25.9 Å². The summed E-state index contributed by atoms with van der Waals surface area (Å²) < 4.78 is 0. The van der Waals surface area contributed by atoms with Crippen molar-refractivity contribution in [2.75, 3.05) is 6.54 Å². The molecule has 2 N–H and O–H groups in total. The molecule has 1 aromatic carbocycles. The van der Waals surface area contributed by atoms with E-state index in [1.54, 1.807) is 24.3 Å². The topological polar surface area (TPSA) is 104 Å². The molecule has 0 aliphatic carbocycles. The molecule has 1 aromatic heterocycles. The van der Waals surface area contributed by atoms with Crippen LogP contribution in [0.5, 0.6) is 0 Å². The van der Waals surface area contributed by atoms with Gasteiger partial charge in [0.05, 0.1) is 17.7 Å². The van der Waals surface area contributed by atoms with Crippen LogP contribution in [0.3, 0.4) is 0 Å². The first kappa shape index (κ1) is 13.4. The summed E-state index contributed by atoms with van der Waals surface area (Å²) in [5.41, 5.74) is 0.931. The monoisotopic (exact) mass is 286 g/mol. The van der Waals surface area contributed by atoms with Gasteiger partial charge in [0.1, 0.15) is 0 Å². The van der Waals surface area contributed by atoms with E-state index in [4.69, 9.17) is 0 Å². The van der Waals surface area contributed by atoms with Gasteiger partial charge >= 0.3 is 0 Å². The number of imide groups is 1. The van der Waals surface area contributed by atoms with Gasteiger partial charge in [-0.2, -0.15) is 5.21 Å². The molecule has 0 bridgehead atoms. The van der Waals surface area contributed by atoms with Gasteiger partial charge < -0.3 is 5.32 Å². The molecule has 1 aliphatic heterocycles. The number of nitrogens with one attached hydrogen (secondary N) is 2. The number of carbonyl (C=O) groups is 2. The van der Waals surface area contributed by atoms with Crippen molar-refractivity contribution in [3.05, 3.63) is 41.2 Å². The van der Waals surface area contributed by atoms with Crippen molar-refractivity contribution >= 4 is 11.8 Å². The fourth-order valence-electron chi connectivity index (χ4n) is 2.27. The van der Waals surface area contributed by atoms with Gasteiger partial charge in [0.15, 0.2) is 5.82 Å². The zero-order valence-electron chi connectivity index (χ0n) is 11.4. The molecule has 0 saturated heterocycles. The number of aromatic nitrogens is 4. The highest BCUT2D eigenvalue weighted by molar-refractivity contribution is 6.21. The van der Waals surface area contributed by atoms with E-state index in [1.807, 2.05) is 6.92 Å². The molecule has 1 aliphatic rings. The summed E-state index contributed by atoms with van der Waals surface area (Å²) in [6.07, 6.45) is 0. The summed E-state index contributed by atoms with van der Waals surface area (Å²) in [7, 11) is 0. The van der Waals surface area contributed by atoms with Crippen molar-refractivity contribution < 1.29 is 9.59 Å². The van der Waals surface area contributed by atoms with Crippen LogP contribution in [0.4, 0.5) is 0 Å².